The van der Waals surface area contributed by atoms with Crippen molar-refractivity contribution in [3.05, 3.63) is 292 Å². The molecule has 0 bridgehead atoms. The van der Waals surface area contributed by atoms with Crippen molar-refractivity contribution in [3.63, 3.8) is 0 Å². The lowest BCUT2D eigenvalue weighted by atomic mass is 10.1. The van der Waals surface area contributed by atoms with E-state index in [0.717, 1.165) is 166 Å². The van der Waals surface area contributed by atoms with Crippen LogP contribution < -0.4 is 4.74 Å². The average Bonchev–Trinajstić information content (AvgIpc) is 0.884. The predicted molar refractivity (Wildman–Crippen MR) is 596 cm³/mol. The van der Waals surface area contributed by atoms with Crippen molar-refractivity contribution < 1.29 is 81.5 Å². The first-order valence-electron chi connectivity index (χ1n) is 49.6. The van der Waals surface area contributed by atoms with E-state index in [1.54, 1.807) is 121 Å². The highest BCUT2D eigenvalue weighted by Gasteiger charge is 2.38. The monoisotopic (exact) mass is 2040 g/mol. The second kappa shape index (κ2) is 56.0. The number of rotatable bonds is 49. The summed E-state index contributed by atoms with van der Waals surface area (Å²) >= 11 is 0. The van der Waals surface area contributed by atoms with E-state index >= 15 is 0 Å². The molecule has 1 atom stereocenters. The minimum Gasteiger partial charge on any atom is -0.508 e. The summed E-state index contributed by atoms with van der Waals surface area (Å²) in [6.45, 7) is 50.8. The number of hydrogen-bond acceptors (Lipinski definition) is 17. The van der Waals surface area contributed by atoms with E-state index in [9.17, 15) is 56.2 Å². The van der Waals surface area contributed by atoms with E-state index in [0.29, 0.717) is 59.0 Å². The molecule has 10 aromatic rings. The van der Waals surface area contributed by atoms with Crippen LogP contribution in [0.15, 0.2) is 231 Å². The minimum absolute atomic E-state index is 0.209. The van der Waals surface area contributed by atoms with Crippen LogP contribution in [0.2, 0.25) is 191 Å². The number of hydrogen-bond donors (Lipinski definition) is 11. The van der Waals surface area contributed by atoms with Gasteiger partial charge >= 0.3 is 0 Å². The van der Waals surface area contributed by atoms with Gasteiger partial charge in [0.25, 0.3) is 0 Å². The van der Waals surface area contributed by atoms with Gasteiger partial charge in [0.2, 0.25) is 0 Å². The van der Waals surface area contributed by atoms with Crippen LogP contribution in [-0.2, 0) is 71.9 Å². The molecule has 752 valence electrons. The highest BCUT2D eigenvalue weighted by molar-refractivity contribution is 6.87. The summed E-state index contributed by atoms with van der Waals surface area (Å²) in [5, 5.41) is 106. The van der Waals surface area contributed by atoms with E-state index in [-0.39, 0.29) is 11.5 Å². The highest BCUT2D eigenvalue weighted by atomic mass is 28.4. The van der Waals surface area contributed by atoms with Gasteiger partial charge in [0.05, 0.1) is 12.7 Å². The molecule has 10 rings (SSSR count). The van der Waals surface area contributed by atoms with Crippen LogP contribution in [0.25, 0.3) is 0 Å². The largest absolute Gasteiger partial charge is 0.508 e. The van der Waals surface area contributed by atoms with Crippen LogP contribution in [-0.4, -0.2) is 146 Å². The average molecular weight is 2050 g/mol. The second-order valence-corrected chi connectivity index (χ2v) is 87.8. The van der Waals surface area contributed by atoms with Gasteiger partial charge in [-0.2, -0.15) is 0 Å². The van der Waals surface area contributed by atoms with E-state index in [1.165, 1.54) is 57.6 Å². The molecular weight excluding hydrogens is 1870 g/mol. The zero-order valence-electron chi connectivity index (χ0n) is 87.0. The number of aryl methyl sites for hydroxylation is 10. The Morgan fingerprint density at radius 2 is 0.460 bits per heavy atom. The number of benzene rings is 10. The third-order valence-electron chi connectivity index (χ3n) is 24.8. The maximum Gasteiger partial charge on any atom is 0.173 e. The Balaban J connectivity index is 0.000000263. The minimum atomic E-state index is -1.89. The van der Waals surface area contributed by atoms with E-state index in [4.69, 9.17) is 25.3 Å². The van der Waals surface area contributed by atoms with Gasteiger partial charge in [0, 0.05) is 0 Å². The SMILES string of the molecule is C[Si](C)(CCCOc1ccc(O)cc1)O[Si](C)(C)CCC(O)c1ccc(O)cc1.C[Si](C)(CCCc1ccc(O)cc1)O[Si](C)(C)CCCc1ccc(O)cc1.C[Si](C)(CCCc1ccccc1O)O[Si](C)(C)CCCc1ccccc1O.C[Si](C)(CCc1ccc(O)cc1)O[Si](C)(C)CCc1ccc(O)cc1.Cc1cc(CCC[Si](C)(C)O[Si](C)(C)CCCc2ccc(O)c(C)c2)ccc1O. The maximum absolute atomic E-state index is 10.4. The van der Waals surface area contributed by atoms with Gasteiger partial charge in [-0.3, -0.25) is 0 Å². The summed E-state index contributed by atoms with van der Waals surface area (Å²) in [6.07, 6.45) is 15.7. The topological polar surface area (TPSA) is 278 Å². The van der Waals surface area contributed by atoms with Crippen LogP contribution in [0, 0.1) is 13.8 Å². The van der Waals surface area contributed by atoms with Crippen molar-refractivity contribution in [3.8, 4) is 63.2 Å². The van der Waals surface area contributed by atoms with Gasteiger partial charge in [-0.05, 0) is 478 Å². The molecule has 0 amide bonds. The molecule has 0 spiro atoms. The summed E-state index contributed by atoms with van der Waals surface area (Å²) in [5.74, 6) is 4.06. The molecule has 0 saturated carbocycles. The number of phenolic OH excluding ortho intramolecular Hbond substituents is 10. The number of aliphatic hydroxyl groups is 1. The lowest BCUT2D eigenvalue weighted by Gasteiger charge is -2.34. The number of ether oxygens (including phenoxy) is 1. The Hall–Kier alpha value is -8.07. The molecule has 0 heterocycles. The maximum atomic E-state index is 10.4. The molecule has 17 nitrogen and oxygen atoms in total. The molecular formula is C110H170O17Si10. The summed E-state index contributed by atoms with van der Waals surface area (Å²) in [5.41, 5.74) is 12.5. The third kappa shape index (κ3) is 49.8. The number of para-hydroxylation sites is 2. The normalized spacial score (nSPS) is 12.5. The van der Waals surface area contributed by atoms with Gasteiger partial charge in [-0.1, -0.05) is 121 Å². The van der Waals surface area contributed by atoms with E-state index in [2.05, 4.69) is 143 Å². The van der Waals surface area contributed by atoms with Crippen molar-refractivity contribution in [2.75, 3.05) is 6.61 Å². The molecule has 137 heavy (non-hydrogen) atoms. The standard InChI is InChI=1S/C24H38O3Si2.C22H34O5Si2.2C22H34O3Si2.C20H30O3Si2/c1-19-17-21(11-13-23(19)25)9-7-15-28(3,4)27-29(5,6)16-8-10-22-12-14-24(26)20(2)18-22;1-28(2,16-5-15-26-21-12-10-20(24)11-13-21)27-29(3,4)17-14-22(25)18-6-8-19(23)9-7-18;1-26(2,17-5-7-19-9-13-21(23)14-10-19)25-27(3,4)18-6-8-20-11-15-22(24)16-12-20;1-26(2,17-9-13-19-11-5-7-15-21(19)23)25-27(3,4)18-10-14-20-12-6-8-16-22(20)24;1-24(2,15-13-17-5-9-19(21)10-6-17)23-25(3,4)16-14-18-7-11-20(22)12-8-18/h11-14,17-18,25-26H,7-10,15-16H2,1-6H3;6-13,22-25H,5,14-17H2,1-4H3;9-16,23-24H,5-8,17-18H2,1-4H3;5-8,11-12,15-16,23-24H,9-10,13-14,17-18H2,1-4H3;5-12,21-22H,13-16H2,1-4H3. The Kier molecular flexibility index (Phi) is 48.0. The molecule has 0 radical (unpaired) electrons. The summed E-state index contributed by atoms with van der Waals surface area (Å²) in [4.78, 5) is 0. The molecule has 11 N–H and O–H groups in total. The lowest BCUT2D eigenvalue weighted by Crippen LogP contribution is -2.44. The molecule has 27 heteroatoms. The molecule has 0 aliphatic heterocycles. The quantitative estimate of drug-likeness (QED) is 0.0125. The number of phenols is 10. The zero-order chi connectivity index (χ0) is 101. The van der Waals surface area contributed by atoms with Crippen molar-refractivity contribution >= 4 is 83.2 Å². The Labute approximate surface area is 834 Å². The van der Waals surface area contributed by atoms with Crippen LogP contribution in [0.3, 0.4) is 0 Å². The predicted octanol–water partition coefficient (Wildman–Crippen LogP) is 29.6. The van der Waals surface area contributed by atoms with Crippen molar-refractivity contribution in [1.29, 1.82) is 0 Å². The first-order valence-corrected chi connectivity index (χ1v) is 80.8. The van der Waals surface area contributed by atoms with Crippen LogP contribution in [0.4, 0.5) is 0 Å². The molecule has 0 saturated heterocycles. The Bertz CT molecular complexity index is 4880. The zero-order valence-corrected chi connectivity index (χ0v) is 97.0. The van der Waals surface area contributed by atoms with Gasteiger partial charge < -0.3 is 81.5 Å². The van der Waals surface area contributed by atoms with Crippen LogP contribution in [0.1, 0.15) is 119 Å². The van der Waals surface area contributed by atoms with Crippen LogP contribution >= 0.6 is 0 Å². The van der Waals surface area contributed by atoms with Gasteiger partial charge in [0.1, 0.15) is 63.2 Å². The highest BCUT2D eigenvalue weighted by Crippen LogP contribution is 2.36. The number of aliphatic hydroxyl groups excluding tert-OH is 1. The molecule has 0 fully saturated rings. The summed E-state index contributed by atoms with van der Waals surface area (Å²) in [7, 11) is -17.3. The Morgan fingerprint density at radius 3 is 0.752 bits per heavy atom. The van der Waals surface area contributed by atoms with Gasteiger partial charge in [-0.25, -0.2) is 0 Å². The lowest BCUT2D eigenvalue weighted by molar-refractivity contribution is 0.172. The molecule has 0 aromatic heterocycles. The van der Waals surface area contributed by atoms with Crippen molar-refractivity contribution in [2.45, 2.75) is 314 Å². The molecule has 1 unspecified atom stereocenters. The summed E-state index contributed by atoms with van der Waals surface area (Å²) < 4.78 is 39.3. The van der Waals surface area contributed by atoms with Crippen LogP contribution in [0.5, 0.6) is 63.2 Å². The fourth-order valence-corrected chi connectivity index (χ4v) is 61.8. The summed E-state index contributed by atoms with van der Waals surface area (Å²) in [6, 6.07) is 81.6. The first-order chi connectivity index (χ1) is 64.0. The molecule has 0 aliphatic carbocycles. The third-order valence-corrected chi connectivity index (χ3v) is 62.2. The van der Waals surface area contributed by atoms with Gasteiger partial charge in [0.15, 0.2) is 83.2 Å². The first kappa shape index (κ1) is 118. The van der Waals surface area contributed by atoms with E-state index < -0.39 is 89.3 Å². The number of aromatic hydroxyl groups is 10. The van der Waals surface area contributed by atoms with Gasteiger partial charge in [-0.15, -0.1) is 0 Å². The second-order valence-electron chi connectivity index (χ2n) is 43.5. The fraction of sp³-hybridized carbons (Fsp3) is 0.455. The fourth-order valence-electron chi connectivity index (χ4n) is 17.8. The molecule has 10 aromatic carbocycles. The smallest absolute Gasteiger partial charge is 0.173 e. The van der Waals surface area contributed by atoms with Crippen molar-refractivity contribution in [1.82, 2.24) is 0 Å². The molecule has 0 aliphatic rings. The Morgan fingerprint density at radius 1 is 0.226 bits per heavy atom. The van der Waals surface area contributed by atoms with Crippen molar-refractivity contribution in [2.24, 2.45) is 0 Å². The van der Waals surface area contributed by atoms with E-state index in [1.807, 2.05) is 111 Å².